The zero-order valence-corrected chi connectivity index (χ0v) is 16.1. The third kappa shape index (κ3) is 6.66. The summed E-state index contributed by atoms with van der Waals surface area (Å²) in [5.74, 6) is -2.50. The van der Waals surface area contributed by atoms with Gasteiger partial charge in [0.15, 0.2) is 0 Å². The summed E-state index contributed by atoms with van der Waals surface area (Å²) in [6.07, 6.45) is -0.160. The van der Waals surface area contributed by atoms with E-state index in [-0.39, 0.29) is 24.8 Å². The molecule has 2 rings (SSSR count). The number of hydrogen-bond acceptors (Lipinski definition) is 5. The molecule has 0 saturated carbocycles. The molecule has 1 aliphatic rings. The fourth-order valence-electron chi connectivity index (χ4n) is 3.10. The molecule has 1 atom stereocenters. The summed E-state index contributed by atoms with van der Waals surface area (Å²) in [6, 6.07) is 6.65. The van der Waals surface area contributed by atoms with Crippen molar-refractivity contribution >= 4 is 35.1 Å². The number of rotatable bonds is 7. The fourth-order valence-corrected chi connectivity index (χ4v) is 3.10. The third-order valence-corrected chi connectivity index (χ3v) is 4.54. The van der Waals surface area contributed by atoms with Crippen molar-refractivity contribution < 1.29 is 24.3 Å². The number of hydrogen-bond donors (Lipinski definition) is 3. The number of carbonyl (C=O) groups is 4. The van der Waals surface area contributed by atoms with Crippen LogP contribution in [0, 0.1) is 5.92 Å². The van der Waals surface area contributed by atoms with Crippen molar-refractivity contribution in [2.75, 3.05) is 43.4 Å². The van der Waals surface area contributed by atoms with E-state index in [1.54, 1.807) is 29.2 Å². The van der Waals surface area contributed by atoms with Crippen molar-refractivity contribution in [3.05, 3.63) is 24.3 Å². The first-order valence-electron chi connectivity index (χ1n) is 9.12. The van der Waals surface area contributed by atoms with E-state index in [1.807, 2.05) is 4.90 Å². The Morgan fingerprint density at radius 3 is 2.18 bits per heavy atom. The van der Waals surface area contributed by atoms with Crippen LogP contribution in [0.1, 0.15) is 20.3 Å². The smallest absolute Gasteiger partial charge is 0.308 e. The summed E-state index contributed by atoms with van der Waals surface area (Å²) in [7, 11) is 0. The number of nitrogens with zero attached hydrogens (tertiary/aromatic N) is 2. The lowest BCUT2D eigenvalue weighted by molar-refractivity contribution is -0.144. The topological polar surface area (TPSA) is 119 Å². The second kappa shape index (κ2) is 9.84. The summed E-state index contributed by atoms with van der Waals surface area (Å²) in [5.41, 5.74) is 1.03. The van der Waals surface area contributed by atoms with Gasteiger partial charge < -0.3 is 20.6 Å². The van der Waals surface area contributed by atoms with Gasteiger partial charge in [0.1, 0.15) is 0 Å². The predicted molar refractivity (Wildman–Crippen MR) is 104 cm³/mol. The van der Waals surface area contributed by atoms with Gasteiger partial charge in [0, 0.05) is 64.4 Å². The Hall–Kier alpha value is -2.94. The van der Waals surface area contributed by atoms with E-state index in [4.69, 9.17) is 0 Å². The van der Waals surface area contributed by atoms with Crippen LogP contribution < -0.4 is 10.6 Å². The Balaban J connectivity index is 1.90. The highest BCUT2D eigenvalue weighted by atomic mass is 16.4. The van der Waals surface area contributed by atoms with Crippen LogP contribution >= 0.6 is 0 Å². The van der Waals surface area contributed by atoms with Crippen LogP contribution in [0.5, 0.6) is 0 Å². The minimum absolute atomic E-state index is 0.00954. The van der Waals surface area contributed by atoms with Gasteiger partial charge in [-0.25, -0.2) is 0 Å². The number of nitrogens with one attached hydrogen (secondary N) is 2. The number of carboxylic acids is 1. The molecule has 0 spiro atoms. The SMILES string of the molecule is CC(=O)Nc1cccc(NC(=O)CC(CN2CCN(C(C)=O)CC2)C(=O)O)c1. The quantitative estimate of drug-likeness (QED) is 0.635. The monoisotopic (exact) mass is 390 g/mol. The van der Waals surface area contributed by atoms with Crippen molar-refractivity contribution in [2.24, 2.45) is 5.92 Å². The molecule has 1 aromatic carbocycles. The second-order valence-electron chi connectivity index (χ2n) is 6.86. The lowest BCUT2D eigenvalue weighted by Gasteiger charge is -2.35. The standard InChI is InChI=1S/C19H26N4O5/c1-13(24)20-16-4-3-5-17(11-16)21-18(26)10-15(19(27)28)12-22-6-8-23(9-7-22)14(2)25/h3-5,11,15H,6-10,12H2,1-2H3,(H,20,24)(H,21,26)(H,27,28). The van der Waals surface area contributed by atoms with E-state index in [0.717, 1.165) is 0 Å². The molecule has 1 aromatic rings. The summed E-state index contributed by atoms with van der Waals surface area (Å²) in [4.78, 5) is 50.1. The molecular weight excluding hydrogens is 364 g/mol. The molecule has 1 aliphatic heterocycles. The maximum absolute atomic E-state index is 12.3. The summed E-state index contributed by atoms with van der Waals surface area (Å²) >= 11 is 0. The van der Waals surface area contributed by atoms with Crippen LogP contribution in [0.25, 0.3) is 0 Å². The average molecular weight is 390 g/mol. The third-order valence-electron chi connectivity index (χ3n) is 4.54. The van der Waals surface area contributed by atoms with Crippen molar-refractivity contribution in [1.29, 1.82) is 0 Å². The maximum Gasteiger partial charge on any atom is 0.308 e. The Morgan fingerprint density at radius 2 is 1.64 bits per heavy atom. The molecule has 0 bridgehead atoms. The van der Waals surface area contributed by atoms with Crippen LogP contribution in [-0.4, -0.2) is 71.3 Å². The van der Waals surface area contributed by atoms with Gasteiger partial charge in [-0.1, -0.05) is 6.07 Å². The Bertz CT molecular complexity index is 744. The zero-order chi connectivity index (χ0) is 20.7. The molecule has 152 valence electrons. The van der Waals surface area contributed by atoms with Crippen molar-refractivity contribution in [1.82, 2.24) is 9.80 Å². The molecular formula is C19H26N4O5. The maximum atomic E-state index is 12.3. The number of amides is 3. The number of piperazine rings is 1. The molecule has 0 radical (unpaired) electrons. The average Bonchev–Trinajstić information content (AvgIpc) is 2.61. The largest absolute Gasteiger partial charge is 0.481 e. The Morgan fingerprint density at radius 1 is 1.04 bits per heavy atom. The first-order chi connectivity index (χ1) is 13.2. The molecule has 1 heterocycles. The number of benzene rings is 1. The molecule has 1 fully saturated rings. The van der Waals surface area contributed by atoms with E-state index in [1.165, 1.54) is 13.8 Å². The van der Waals surface area contributed by atoms with E-state index < -0.39 is 17.8 Å². The summed E-state index contributed by atoms with van der Waals surface area (Å²) in [5, 5.41) is 14.8. The number of carboxylic acid groups (broad SMARTS) is 1. The van der Waals surface area contributed by atoms with Crippen molar-refractivity contribution in [3.63, 3.8) is 0 Å². The minimum Gasteiger partial charge on any atom is -0.481 e. The Kier molecular flexibility index (Phi) is 7.51. The molecule has 0 aromatic heterocycles. The minimum atomic E-state index is -1.03. The molecule has 9 heteroatoms. The van der Waals surface area contributed by atoms with Gasteiger partial charge in [-0.15, -0.1) is 0 Å². The molecule has 1 unspecified atom stereocenters. The highest BCUT2D eigenvalue weighted by Gasteiger charge is 2.27. The molecule has 1 saturated heterocycles. The van der Waals surface area contributed by atoms with Gasteiger partial charge in [-0.2, -0.15) is 0 Å². The first kappa shape index (κ1) is 21.4. The van der Waals surface area contributed by atoms with Gasteiger partial charge in [0.25, 0.3) is 0 Å². The summed E-state index contributed by atoms with van der Waals surface area (Å²) in [6.45, 7) is 5.45. The van der Waals surface area contributed by atoms with Crippen LogP contribution in [0.4, 0.5) is 11.4 Å². The van der Waals surface area contributed by atoms with Gasteiger partial charge in [-0.3, -0.25) is 24.1 Å². The van der Waals surface area contributed by atoms with Crippen molar-refractivity contribution in [3.8, 4) is 0 Å². The molecule has 3 N–H and O–H groups in total. The van der Waals surface area contributed by atoms with E-state index in [2.05, 4.69) is 10.6 Å². The van der Waals surface area contributed by atoms with E-state index in [0.29, 0.717) is 37.6 Å². The van der Waals surface area contributed by atoms with Gasteiger partial charge in [0.2, 0.25) is 17.7 Å². The zero-order valence-electron chi connectivity index (χ0n) is 16.1. The van der Waals surface area contributed by atoms with E-state index in [9.17, 15) is 24.3 Å². The van der Waals surface area contributed by atoms with E-state index >= 15 is 0 Å². The van der Waals surface area contributed by atoms with Crippen LogP contribution in [-0.2, 0) is 19.2 Å². The van der Waals surface area contributed by atoms with Gasteiger partial charge >= 0.3 is 5.97 Å². The number of anilines is 2. The van der Waals surface area contributed by atoms with Crippen LogP contribution in [0.2, 0.25) is 0 Å². The Labute approximate surface area is 163 Å². The fraction of sp³-hybridized carbons (Fsp3) is 0.474. The molecule has 28 heavy (non-hydrogen) atoms. The molecule has 0 aliphatic carbocycles. The number of carbonyl (C=O) groups excluding carboxylic acids is 3. The summed E-state index contributed by atoms with van der Waals surface area (Å²) < 4.78 is 0. The second-order valence-corrected chi connectivity index (χ2v) is 6.86. The van der Waals surface area contributed by atoms with Crippen molar-refractivity contribution in [2.45, 2.75) is 20.3 Å². The molecule has 3 amide bonds. The lowest BCUT2D eigenvalue weighted by atomic mass is 10.0. The normalized spacial score (nSPS) is 15.6. The van der Waals surface area contributed by atoms with Gasteiger partial charge in [-0.05, 0) is 18.2 Å². The highest BCUT2D eigenvalue weighted by Crippen LogP contribution is 2.17. The molecule has 9 nitrogen and oxygen atoms in total. The van der Waals surface area contributed by atoms with Crippen LogP contribution in [0.15, 0.2) is 24.3 Å². The van der Waals surface area contributed by atoms with Crippen LogP contribution in [0.3, 0.4) is 0 Å². The lowest BCUT2D eigenvalue weighted by Crippen LogP contribution is -2.50. The first-order valence-corrected chi connectivity index (χ1v) is 9.12. The highest BCUT2D eigenvalue weighted by molar-refractivity contribution is 5.94. The number of aliphatic carboxylic acids is 1. The van der Waals surface area contributed by atoms with Gasteiger partial charge in [0.05, 0.1) is 5.92 Å². The predicted octanol–water partition coefficient (Wildman–Crippen LogP) is 0.839.